The highest BCUT2D eigenvalue weighted by Gasteiger charge is 2.40. The fourth-order valence-electron chi connectivity index (χ4n) is 1.18. The molecule has 1 saturated heterocycles. The van der Waals surface area contributed by atoms with Crippen molar-refractivity contribution in [3.63, 3.8) is 0 Å². The Morgan fingerprint density at radius 3 is 2.40 bits per heavy atom. The van der Waals surface area contributed by atoms with Gasteiger partial charge in [0.15, 0.2) is 0 Å². The van der Waals surface area contributed by atoms with E-state index in [4.69, 9.17) is 5.73 Å². The van der Waals surface area contributed by atoms with Crippen LogP contribution in [0.15, 0.2) is 0 Å². The van der Waals surface area contributed by atoms with Gasteiger partial charge in [0.2, 0.25) is 0 Å². The lowest BCUT2D eigenvalue weighted by Crippen LogP contribution is -2.63. The van der Waals surface area contributed by atoms with E-state index in [-0.39, 0.29) is 0 Å². The minimum atomic E-state index is 0.391. The molecule has 0 bridgehead atoms. The summed E-state index contributed by atoms with van der Waals surface area (Å²) in [5.41, 5.74) is 5.60. The summed E-state index contributed by atoms with van der Waals surface area (Å²) < 4.78 is 0.391. The number of hydrogen-bond acceptors (Lipinski definition) is 2. The van der Waals surface area contributed by atoms with Crippen molar-refractivity contribution in [2.24, 2.45) is 5.73 Å². The molecular formula is C7H15IN2. The van der Waals surface area contributed by atoms with Gasteiger partial charge in [-0.25, -0.2) is 0 Å². The second-order valence-electron chi connectivity index (χ2n) is 3.35. The highest BCUT2D eigenvalue weighted by atomic mass is 127. The van der Waals surface area contributed by atoms with Gasteiger partial charge in [-0.05, 0) is 13.8 Å². The number of rotatable bonds is 2. The lowest BCUT2D eigenvalue weighted by molar-refractivity contribution is 0.104. The summed E-state index contributed by atoms with van der Waals surface area (Å²) in [5.74, 6) is 0. The Balaban J connectivity index is 2.29. The van der Waals surface area contributed by atoms with Gasteiger partial charge in [-0.1, -0.05) is 22.6 Å². The lowest BCUT2D eigenvalue weighted by Gasteiger charge is -2.48. The van der Waals surface area contributed by atoms with Gasteiger partial charge >= 0.3 is 0 Å². The molecule has 0 aromatic carbocycles. The molecule has 0 radical (unpaired) electrons. The van der Waals surface area contributed by atoms with E-state index < -0.39 is 0 Å². The largest absolute Gasteiger partial charge is 0.329 e. The van der Waals surface area contributed by atoms with Gasteiger partial charge in [0.05, 0.1) is 3.42 Å². The Bertz CT molecular complexity index is 119. The van der Waals surface area contributed by atoms with Crippen LogP contribution >= 0.6 is 22.6 Å². The molecule has 0 saturated carbocycles. The van der Waals surface area contributed by atoms with E-state index in [1.54, 1.807) is 0 Å². The van der Waals surface area contributed by atoms with Crippen LogP contribution in [0.25, 0.3) is 0 Å². The molecule has 1 rings (SSSR count). The van der Waals surface area contributed by atoms with Crippen LogP contribution in [0.2, 0.25) is 0 Å². The summed E-state index contributed by atoms with van der Waals surface area (Å²) in [5, 5.41) is 0. The van der Waals surface area contributed by atoms with E-state index in [0.29, 0.717) is 9.46 Å². The highest BCUT2D eigenvalue weighted by molar-refractivity contribution is 14.1. The fourth-order valence-corrected chi connectivity index (χ4v) is 2.05. The maximum Gasteiger partial charge on any atom is 0.0597 e. The number of nitrogens with two attached hydrogens (primary N) is 1. The van der Waals surface area contributed by atoms with Crippen molar-refractivity contribution in [1.82, 2.24) is 4.90 Å². The van der Waals surface area contributed by atoms with E-state index in [2.05, 4.69) is 41.3 Å². The average Bonchev–Trinajstić information content (AvgIpc) is 1.80. The van der Waals surface area contributed by atoms with Crippen LogP contribution in [-0.4, -0.2) is 34.0 Å². The first-order valence-corrected chi connectivity index (χ1v) is 4.78. The van der Waals surface area contributed by atoms with Gasteiger partial charge in [0.1, 0.15) is 0 Å². The van der Waals surface area contributed by atoms with Gasteiger partial charge in [0, 0.05) is 25.7 Å². The maximum atomic E-state index is 5.60. The Labute approximate surface area is 76.3 Å². The Hall–Kier alpha value is 0.650. The Kier molecular flexibility index (Phi) is 2.58. The van der Waals surface area contributed by atoms with Crippen LogP contribution in [0.5, 0.6) is 0 Å². The molecular weight excluding hydrogens is 239 g/mol. The van der Waals surface area contributed by atoms with E-state index >= 15 is 0 Å². The monoisotopic (exact) mass is 254 g/mol. The topological polar surface area (TPSA) is 29.3 Å². The predicted octanol–water partition coefficient (Wildman–Crippen LogP) is 0.843. The summed E-state index contributed by atoms with van der Waals surface area (Å²) >= 11 is 2.47. The second-order valence-corrected chi connectivity index (χ2v) is 5.64. The van der Waals surface area contributed by atoms with Crippen molar-refractivity contribution in [1.29, 1.82) is 0 Å². The zero-order valence-corrected chi connectivity index (χ0v) is 8.76. The van der Waals surface area contributed by atoms with E-state index in [1.807, 2.05) is 0 Å². The predicted molar refractivity (Wildman–Crippen MR) is 52.5 cm³/mol. The first-order chi connectivity index (χ1) is 4.57. The maximum absolute atomic E-state index is 5.60. The smallest absolute Gasteiger partial charge is 0.0597 e. The van der Waals surface area contributed by atoms with Crippen molar-refractivity contribution in [2.45, 2.75) is 23.3 Å². The molecule has 2 nitrogen and oxygen atoms in total. The van der Waals surface area contributed by atoms with E-state index in [1.165, 1.54) is 13.1 Å². The highest BCUT2D eigenvalue weighted by Crippen LogP contribution is 2.30. The van der Waals surface area contributed by atoms with Crippen LogP contribution in [0.4, 0.5) is 0 Å². The zero-order valence-electron chi connectivity index (χ0n) is 6.60. The van der Waals surface area contributed by atoms with Crippen molar-refractivity contribution < 1.29 is 0 Å². The standard InChI is InChI=1S/C7H15IN2/c1-6(2)10-4-7(8,3-9)5-10/h6H,3-5,9H2,1-2H3. The Morgan fingerprint density at radius 1 is 1.60 bits per heavy atom. The molecule has 2 N–H and O–H groups in total. The van der Waals surface area contributed by atoms with Crippen molar-refractivity contribution >= 4 is 22.6 Å². The normalized spacial score (nSPS) is 24.9. The minimum absolute atomic E-state index is 0.391. The van der Waals surface area contributed by atoms with Crippen molar-refractivity contribution in [3.8, 4) is 0 Å². The number of alkyl halides is 1. The van der Waals surface area contributed by atoms with Crippen LogP contribution in [-0.2, 0) is 0 Å². The van der Waals surface area contributed by atoms with Gasteiger partial charge in [-0.2, -0.15) is 0 Å². The summed E-state index contributed by atoms with van der Waals surface area (Å²) in [6.45, 7) is 7.61. The van der Waals surface area contributed by atoms with E-state index in [0.717, 1.165) is 6.54 Å². The average molecular weight is 254 g/mol. The number of halogens is 1. The molecule has 0 atom stereocenters. The van der Waals surface area contributed by atoms with Gasteiger partial charge < -0.3 is 5.73 Å². The molecule has 10 heavy (non-hydrogen) atoms. The molecule has 60 valence electrons. The number of nitrogens with zero attached hydrogens (tertiary/aromatic N) is 1. The van der Waals surface area contributed by atoms with Crippen LogP contribution in [0.3, 0.4) is 0 Å². The summed E-state index contributed by atoms with van der Waals surface area (Å²) in [7, 11) is 0. The number of hydrogen-bond donors (Lipinski definition) is 1. The van der Waals surface area contributed by atoms with Gasteiger partial charge in [0.25, 0.3) is 0 Å². The summed E-state index contributed by atoms with van der Waals surface area (Å²) in [4.78, 5) is 2.44. The number of likely N-dealkylation sites (tertiary alicyclic amines) is 1. The molecule has 0 spiro atoms. The first-order valence-electron chi connectivity index (χ1n) is 3.70. The van der Waals surface area contributed by atoms with Crippen LogP contribution in [0.1, 0.15) is 13.8 Å². The second kappa shape index (κ2) is 2.95. The SMILES string of the molecule is CC(C)N1CC(I)(CN)C1. The van der Waals surface area contributed by atoms with E-state index in [9.17, 15) is 0 Å². The molecule has 1 aliphatic rings. The lowest BCUT2D eigenvalue weighted by atomic mass is 9.99. The first kappa shape index (κ1) is 8.74. The fraction of sp³-hybridized carbons (Fsp3) is 1.00. The molecule has 1 aliphatic heterocycles. The molecule has 0 aromatic heterocycles. The van der Waals surface area contributed by atoms with Gasteiger partial charge in [-0.3, -0.25) is 4.90 Å². The molecule has 0 unspecified atom stereocenters. The third-order valence-corrected chi connectivity index (χ3v) is 3.19. The van der Waals surface area contributed by atoms with Gasteiger partial charge in [-0.15, -0.1) is 0 Å². The third kappa shape index (κ3) is 1.62. The van der Waals surface area contributed by atoms with Crippen molar-refractivity contribution in [3.05, 3.63) is 0 Å². The third-order valence-electron chi connectivity index (χ3n) is 2.07. The zero-order chi connectivity index (χ0) is 7.78. The molecule has 1 heterocycles. The quantitative estimate of drug-likeness (QED) is 0.584. The molecule has 3 heteroatoms. The van der Waals surface area contributed by atoms with Crippen LogP contribution in [0, 0.1) is 0 Å². The molecule has 0 amide bonds. The van der Waals surface area contributed by atoms with Crippen molar-refractivity contribution in [2.75, 3.05) is 19.6 Å². The van der Waals surface area contributed by atoms with Crippen LogP contribution < -0.4 is 5.73 Å². The molecule has 0 aromatic rings. The summed E-state index contributed by atoms with van der Waals surface area (Å²) in [6.07, 6.45) is 0. The molecule has 0 aliphatic carbocycles. The summed E-state index contributed by atoms with van der Waals surface area (Å²) in [6, 6.07) is 0.689. The molecule has 1 fully saturated rings. The Morgan fingerprint density at radius 2 is 2.10 bits per heavy atom. The minimum Gasteiger partial charge on any atom is -0.329 e.